The third-order valence-corrected chi connectivity index (χ3v) is 4.47. The van der Waals surface area contributed by atoms with Crippen LogP contribution in [0.4, 0.5) is 5.69 Å². The summed E-state index contributed by atoms with van der Waals surface area (Å²) >= 11 is 3.60. The van der Waals surface area contributed by atoms with E-state index in [4.69, 9.17) is 5.73 Å². The summed E-state index contributed by atoms with van der Waals surface area (Å²) in [5, 5.41) is 6.05. The Morgan fingerprint density at radius 3 is 2.74 bits per heavy atom. The lowest BCUT2D eigenvalue weighted by atomic mass is 9.91. The minimum absolute atomic E-state index is 0.390. The lowest BCUT2D eigenvalue weighted by Gasteiger charge is -2.28. The van der Waals surface area contributed by atoms with Gasteiger partial charge in [0.05, 0.1) is 0 Å². The summed E-state index contributed by atoms with van der Waals surface area (Å²) in [6.07, 6.45) is 8.29. The molecule has 4 heteroatoms. The number of nitrogens with one attached hydrogen (secondary N) is 1. The number of anilines is 1. The third-order valence-electron chi connectivity index (χ3n) is 3.87. The normalized spacial score (nSPS) is 23.5. The second-order valence-electron chi connectivity index (χ2n) is 5.28. The van der Waals surface area contributed by atoms with E-state index in [1.165, 1.54) is 11.1 Å². The highest BCUT2D eigenvalue weighted by Crippen LogP contribution is 2.31. The van der Waals surface area contributed by atoms with Gasteiger partial charge in [0, 0.05) is 45.4 Å². The first kappa shape index (κ1) is 12.9. The van der Waals surface area contributed by atoms with Crippen LogP contribution in [0.5, 0.6) is 0 Å². The van der Waals surface area contributed by atoms with Gasteiger partial charge in [-0.1, -0.05) is 12.1 Å². The highest BCUT2D eigenvalue weighted by Gasteiger charge is 2.19. The second kappa shape index (κ2) is 5.47. The Bertz CT molecular complexity index is 571. The molecule has 1 fully saturated rings. The number of benzene rings is 1. The maximum absolute atomic E-state index is 5.96. The first-order chi connectivity index (χ1) is 9.24. The van der Waals surface area contributed by atoms with Crippen molar-refractivity contribution in [1.29, 1.82) is 0 Å². The number of pyridine rings is 1. The number of rotatable bonds is 2. The number of hydrogen-bond donors (Lipinski definition) is 2. The van der Waals surface area contributed by atoms with Crippen LogP contribution < -0.4 is 11.1 Å². The average Bonchev–Trinajstić information content (AvgIpc) is 2.42. The molecule has 19 heavy (non-hydrogen) atoms. The largest absolute Gasteiger partial charge is 0.382 e. The Labute approximate surface area is 121 Å². The minimum Gasteiger partial charge on any atom is -0.382 e. The summed E-state index contributed by atoms with van der Waals surface area (Å²) in [7, 11) is 0. The molecule has 1 aliphatic carbocycles. The zero-order valence-electron chi connectivity index (χ0n) is 10.8. The molecule has 0 amide bonds. The van der Waals surface area contributed by atoms with Crippen molar-refractivity contribution in [3.8, 4) is 0 Å². The van der Waals surface area contributed by atoms with Crippen LogP contribution in [0, 0.1) is 0 Å². The van der Waals surface area contributed by atoms with Gasteiger partial charge in [0.2, 0.25) is 0 Å². The van der Waals surface area contributed by atoms with E-state index in [-0.39, 0.29) is 0 Å². The molecule has 1 aromatic carbocycles. The molecule has 0 atom stereocenters. The molecule has 2 aromatic rings. The molecule has 100 valence electrons. The molecule has 3 N–H and O–H groups in total. The van der Waals surface area contributed by atoms with Gasteiger partial charge in [0.15, 0.2) is 0 Å². The van der Waals surface area contributed by atoms with Crippen molar-refractivity contribution in [2.75, 3.05) is 5.32 Å². The van der Waals surface area contributed by atoms with Gasteiger partial charge in [-0.05, 0) is 47.7 Å². The van der Waals surface area contributed by atoms with E-state index in [1.54, 1.807) is 0 Å². The molecule has 0 aliphatic heterocycles. The van der Waals surface area contributed by atoms with E-state index in [0.717, 1.165) is 35.5 Å². The van der Waals surface area contributed by atoms with Gasteiger partial charge in [-0.25, -0.2) is 0 Å². The zero-order valence-corrected chi connectivity index (χ0v) is 12.4. The van der Waals surface area contributed by atoms with E-state index in [1.807, 2.05) is 12.4 Å². The van der Waals surface area contributed by atoms with Crippen LogP contribution in [0.25, 0.3) is 10.8 Å². The van der Waals surface area contributed by atoms with E-state index < -0.39 is 0 Å². The standard InChI is InChI=1S/C15H18BrN3/c16-13-9-18-8-10-2-1-3-14(15(10)13)19-12-6-4-11(17)5-7-12/h1-3,8-9,11-12,19H,4-7,17H2/t11-,12-. The summed E-state index contributed by atoms with van der Waals surface area (Å²) in [6, 6.07) is 7.23. The minimum atomic E-state index is 0.390. The van der Waals surface area contributed by atoms with Crippen molar-refractivity contribution in [2.24, 2.45) is 5.73 Å². The predicted octanol–water partition coefficient (Wildman–Crippen LogP) is 3.68. The number of hydrogen-bond acceptors (Lipinski definition) is 3. The van der Waals surface area contributed by atoms with Crippen molar-refractivity contribution in [3.63, 3.8) is 0 Å². The Morgan fingerprint density at radius 1 is 1.16 bits per heavy atom. The SMILES string of the molecule is N[C@H]1CC[C@H](Nc2cccc3cncc(Br)c23)CC1. The summed E-state index contributed by atoms with van der Waals surface area (Å²) in [6.45, 7) is 0. The first-order valence-corrected chi connectivity index (χ1v) is 7.57. The first-order valence-electron chi connectivity index (χ1n) is 6.78. The highest BCUT2D eigenvalue weighted by molar-refractivity contribution is 9.10. The smallest absolute Gasteiger partial charge is 0.0457 e. The number of fused-ring (bicyclic) bond motifs is 1. The Kier molecular flexibility index (Phi) is 3.71. The van der Waals surface area contributed by atoms with Crippen molar-refractivity contribution in [2.45, 2.75) is 37.8 Å². The molecule has 1 aliphatic rings. The maximum atomic E-state index is 5.96. The maximum Gasteiger partial charge on any atom is 0.0457 e. The average molecular weight is 320 g/mol. The molecular formula is C15H18BrN3. The van der Waals surface area contributed by atoms with Crippen LogP contribution in [0.1, 0.15) is 25.7 Å². The van der Waals surface area contributed by atoms with Crippen LogP contribution in [0.3, 0.4) is 0 Å². The third kappa shape index (κ3) is 2.74. The predicted molar refractivity (Wildman–Crippen MR) is 83.3 cm³/mol. The van der Waals surface area contributed by atoms with Crippen molar-refractivity contribution in [1.82, 2.24) is 4.98 Å². The Balaban J connectivity index is 1.88. The van der Waals surface area contributed by atoms with Crippen molar-refractivity contribution >= 4 is 32.4 Å². The zero-order chi connectivity index (χ0) is 13.2. The molecule has 3 nitrogen and oxygen atoms in total. The van der Waals surface area contributed by atoms with Gasteiger partial charge in [-0.2, -0.15) is 0 Å². The molecule has 1 aromatic heterocycles. The fourth-order valence-corrected chi connectivity index (χ4v) is 3.36. The van der Waals surface area contributed by atoms with Crippen LogP contribution in [0.15, 0.2) is 35.1 Å². The second-order valence-corrected chi connectivity index (χ2v) is 6.14. The van der Waals surface area contributed by atoms with Crippen LogP contribution in [-0.2, 0) is 0 Å². The molecular weight excluding hydrogens is 302 g/mol. The summed E-state index contributed by atoms with van der Waals surface area (Å²) < 4.78 is 1.04. The van der Waals surface area contributed by atoms with Crippen molar-refractivity contribution in [3.05, 3.63) is 35.1 Å². The molecule has 0 saturated heterocycles. The number of nitrogens with two attached hydrogens (primary N) is 1. The number of aromatic nitrogens is 1. The fourth-order valence-electron chi connectivity index (χ4n) is 2.80. The van der Waals surface area contributed by atoms with E-state index in [2.05, 4.69) is 44.4 Å². The Morgan fingerprint density at radius 2 is 1.95 bits per heavy atom. The molecule has 0 unspecified atom stereocenters. The van der Waals surface area contributed by atoms with Crippen molar-refractivity contribution < 1.29 is 0 Å². The summed E-state index contributed by atoms with van der Waals surface area (Å²) in [5.74, 6) is 0. The highest BCUT2D eigenvalue weighted by atomic mass is 79.9. The molecule has 1 saturated carbocycles. The Hall–Kier alpha value is -1.13. The lowest BCUT2D eigenvalue weighted by molar-refractivity contribution is 0.411. The van der Waals surface area contributed by atoms with Crippen LogP contribution in [-0.4, -0.2) is 17.1 Å². The van der Waals surface area contributed by atoms with E-state index >= 15 is 0 Å². The molecule has 0 radical (unpaired) electrons. The monoisotopic (exact) mass is 319 g/mol. The molecule has 0 bridgehead atoms. The van der Waals surface area contributed by atoms with Gasteiger partial charge in [0.25, 0.3) is 0 Å². The van der Waals surface area contributed by atoms with Crippen LogP contribution in [0.2, 0.25) is 0 Å². The van der Waals surface area contributed by atoms with E-state index in [9.17, 15) is 0 Å². The van der Waals surface area contributed by atoms with Crippen LogP contribution >= 0.6 is 15.9 Å². The molecule has 1 heterocycles. The quantitative estimate of drug-likeness (QED) is 0.887. The summed E-state index contributed by atoms with van der Waals surface area (Å²) in [5.41, 5.74) is 7.15. The molecule has 0 spiro atoms. The fraction of sp³-hybridized carbons (Fsp3) is 0.400. The topological polar surface area (TPSA) is 50.9 Å². The number of nitrogens with zero attached hydrogens (tertiary/aromatic N) is 1. The van der Waals surface area contributed by atoms with E-state index in [0.29, 0.717) is 12.1 Å². The van der Waals surface area contributed by atoms with Gasteiger partial charge in [-0.3, -0.25) is 4.98 Å². The summed E-state index contributed by atoms with van der Waals surface area (Å²) in [4.78, 5) is 4.22. The van der Waals surface area contributed by atoms with Gasteiger partial charge in [0.1, 0.15) is 0 Å². The van der Waals surface area contributed by atoms with Gasteiger partial charge < -0.3 is 11.1 Å². The number of halogens is 1. The van der Waals surface area contributed by atoms with Gasteiger partial charge >= 0.3 is 0 Å². The van der Waals surface area contributed by atoms with Gasteiger partial charge in [-0.15, -0.1) is 0 Å². The molecule has 3 rings (SSSR count). The lowest BCUT2D eigenvalue weighted by Crippen LogP contribution is -2.32.